The molecule has 0 bridgehead atoms. The molecular formula is C27H52N3O+. The second-order valence-electron chi connectivity index (χ2n) is 9.38. The summed E-state index contributed by atoms with van der Waals surface area (Å²) >= 11 is 0. The van der Waals surface area contributed by atoms with Crippen molar-refractivity contribution in [2.75, 3.05) is 32.7 Å². The molecule has 1 unspecified atom stereocenters. The molecular weight excluding hydrogens is 382 g/mol. The van der Waals surface area contributed by atoms with Crippen molar-refractivity contribution in [1.29, 1.82) is 0 Å². The number of aliphatic imine (C=N–C) groups is 1. The third-order valence-electron chi connectivity index (χ3n) is 6.80. The van der Waals surface area contributed by atoms with Gasteiger partial charge < -0.3 is 5.32 Å². The molecule has 1 aliphatic heterocycles. The summed E-state index contributed by atoms with van der Waals surface area (Å²) in [6.07, 6.45) is 24.9. The summed E-state index contributed by atoms with van der Waals surface area (Å²) in [6, 6.07) is 0. The molecule has 31 heavy (non-hydrogen) atoms. The van der Waals surface area contributed by atoms with Crippen LogP contribution in [-0.2, 0) is 4.79 Å². The zero-order valence-corrected chi connectivity index (χ0v) is 21.1. The lowest BCUT2D eigenvalue weighted by Gasteiger charge is -2.33. The van der Waals surface area contributed by atoms with Crippen LogP contribution in [0.4, 0.5) is 0 Å². The van der Waals surface area contributed by atoms with Crippen LogP contribution in [-0.4, -0.2) is 48.9 Å². The number of carbonyl (C=O) groups is 1. The van der Waals surface area contributed by atoms with Gasteiger partial charge in [-0.1, -0.05) is 76.9 Å². The standard InChI is InChI=1S/C27H51N3O/c1-4-6-7-8-9-10-11-12-13-14-15-16-17-18-19-20-21-27-29-23-25-30(27,5-2)24-22-28-26(3)31/h13-14H,4-12,15-25H2,1-3H3/p+1/b14-13+. The Balaban J connectivity index is 2.00. The second-order valence-corrected chi connectivity index (χ2v) is 9.38. The maximum absolute atomic E-state index is 11.2. The zero-order chi connectivity index (χ0) is 22.6. The van der Waals surface area contributed by atoms with Crippen LogP contribution in [0.25, 0.3) is 0 Å². The van der Waals surface area contributed by atoms with Crippen molar-refractivity contribution < 1.29 is 9.28 Å². The Bertz CT molecular complexity index is 515. The number of rotatable bonds is 20. The summed E-state index contributed by atoms with van der Waals surface area (Å²) in [7, 11) is 0. The molecule has 0 aromatic carbocycles. The molecule has 0 fully saturated rings. The van der Waals surface area contributed by atoms with Gasteiger partial charge in [0.15, 0.2) is 5.84 Å². The predicted molar refractivity (Wildman–Crippen MR) is 136 cm³/mol. The van der Waals surface area contributed by atoms with Crippen LogP contribution >= 0.6 is 0 Å². The van der Waals surface area contributed by atoms with Gasteiger partial charge in [-0.3, -0.25) is 9.28 Å². The molecule has 0 spiro atoms. The number of hydrogen-bond acceptors (Lipinski definition) is 2. The number of amidine groups is 1. The molecule has 1 rings (SSSR count). The summed E-state index contributed by atoms with van der Waals surface area (Å²) in [4.78, 5) is 16.0. The zero-order valence-electron chi connectivity index (χ0n) is 21.1. The number of nitrogens with zero attached hydrogens (tertiary/aromatic N) is 2. The Labute approximate surface area is 193 Å². The molecule has 0 aromatic heterocycles. The van der Waals surface area contributed by atoms with E-state index in [9.17, 15) is 4.79 Å². The number of allylic oxidation sites excluding steroid dienone is 2. The van der Waals surface area contributed by atoms with Gasteiger partial charge in [0.25, 0.3) is 0 Å². The normalized spacial score (nSPS) is 18.6. The molecule has 0 radical (unpaired) electrons. The van der Waals surface area contributed by atoms with Gasteiger partial charge in [0.2, 0.25) is 5.91 Å². The van der Waals surface area contributed by atoms with E-state index < -0.39 is 0 Å². The van der Waals surface area contributed by atoms with E-state index in [0.717, 1.165) is 43.6 Å². The van der Waals surface area contributed by atoms with E-state index in [-0.39, 0.29) is 5.91 Å². The molecule has 1 atom stereocenters. The highest BCUT2D eigenvalue weighted by atomic mass is 16.1. The number of nitrogens with one attached hydrogen (secondary N) is 1. The molecule has 4 nitrogen and oxygen atoms in total. The predicted octanol–water partition coefficient (Wildman–Crippen LogP) is 6.80. The van der Waals surface area contributed by atoms with Crippen molar-refractivity contribution in [3.8, 4) is 0 Å². The van der Waals surface area contributed by atoms with E-state index >= 15 is 0 Å². The summed E-state index contributed by atoms with van der Waals surface area (Å²) in [5.41, 5.74) is 0. The van der Waals surface area contributed by atoms with Crippen molar-refractivity contribution in [3.05, 3.63) is 12.2 Å². The fourth-order valence-electron chi connectivity index (χ4n) is 4.68. The molecule has 1 aliphatic rings. The van der Waals surface area contributed by atoms with E-state index in [2.05, 4.69) is 31.3 Å². The SMILES string of the molecule is CCCCCCCCC/C=C/CCCCCCCC1=NCC[N+]1(CC)CCNC(C)=O. The fourth-order valence-corrected chi connectivity index (χ4v) is 4.68. The Hall–Kier alpha value is -1.16. The molecule has 0 saturated heterocycles. The lowest BCUT2D eigenvalue weighted by Crippen LogP contribution is -2.54. The Morgan fingerprint density at radius 2 is 1.48 bits per heavy atom. The quantitative estimate of drug-likeness (QED) is 0.128. The van der Waals surface area contributed by atoms with Crippen molar-refractivity contribution >= 4 is 11.7 Å². The van der Waals surface area contributed by atoms with E-state index in [1.807, 2.05) is 0 Å². The van der Waals surface area contributed by atoms with Gasteiger partial charge in [0.1, 0.15) is 13.1 Å². The molecule has 0 aromatic rings. The third kappa shape index (κ3) is 13.1. The van der Waals surface area contributed by atoms with Crippen molar-refractivity contribution in [2.45, 2.75) is 117 Å². The first-order valence-electron chi connectivity index (χ1n) is 13.4. The molecule has 1 heterocycles. The molecule has 1 N–H and O–H groups in total. The van der Waals surface area contributed by atoms with Crippen LogP contribution < -0.4 is 5.32 Å². The number of likely N-dealkylation sites (N-methyl/N-ethyl adjacent to an activating group) is 1. The highest BCUT2D eigenvalue weighted by molar-refractivity contribution is 5.77. The van der Waals surface area contributed by atoms with Gasteiger partial charge in [0, 0.05) is 13.3 Å². The van der Waals surface area contributed by atoms with Crippen molar-refractivity contribution in [1.82, 2.24) is 5.32 Å². The largest absolute Gasteiger partial charge is 0.351 e. The van der Waals surface area contributed by atoms with Gasteiger partial charge in [-0.05, 0) is 39.0 Å². The number of quaternary nitrogens is 1. The number of hydrogen-bond donors (Lipinski definition) is 1. The molecule has 180 valence electrons. The van der Waals surface area contributed by atoms with E-state index in [1.54, 1.807) is 6.92 Å². The fraction of sp³-hybridized carbons (Fsp3) is 0.852. The van der Waals surface area contributed by atoms with Crippen LogP contribution in [0.1, 0.15) is 117 Å². The first kappa shape index (κ1) is 27.9. The lowest BCUT2D eigenvalue weighted by atomic mass is 10.1. The average molecular weight is 435 g/mol. The summed E-state index contributed by atoms with van der Waals surface area (Å²) < 4.78 is 0.990. The minimum Gasteiger partial charge on any atom is -0.351 e. The molecule has 4 heteroatoms. The van der Waals surface area contributed by atoms with Gasteiger partial charge in [-0.25, -0.2) is 4.99 Å². The topological polar surface area (TPSA) is 41.5 Å². The Morgan fingerprint density at radius 3 is 2.06 bits per heavy atom. The van der Waals surface area contributed by atoms with Crippen LogP contribution in [0.2, 0.25) is 0 Å². The Kier molecular flexibility index (Phi) is 16.6. The van der Waals surface area contributed by atoms with E-state index in [0.29, 0.717) is 0 Å². The third-order valence-corrected chi connectivity index (χ3v) is 6.80. The minimum atomic E-state index is 0.0691. The Morgan fingerprint density at radius 1 is 0.903 bits per heavy atom. The first-order valence-corrected chi connectivity index (χ1v) is 13.4. The average Bonchev–Trinajstić information content (AvgIpc) is 3.16. The first-order chi connectivity index (χ1) is 15.1. The van der Waals surface area contributed by atoms with Crippen LogP contribution in [0.15, 0.2) is 17.1 Å². The maximum Gasteiger partial charge on any atom is 0.217 e. The number of amides is 1. The van der Waals surface area contributed by atoms with Crippen LogP contribution in [0.3, 0.4) is 0 Å². The second kappa shape index (κ2) is 18.4. The number of unbranched alkanes of at least 4 members (excludes halogenated alkanes) is 12. The van der Waals surface area contributed by atoms with Gasteiger partial charge in [0.05, 0.1) is 19.6 Å². The summed E-state index contributed by atoms with van der Waals surface area (Å²) in [6.45, 7) is 11.0. The van der Waals surface area contributed by atoms with Gasteiger partial charge in [-0.2, -0.15) is 0 Å². The van der Waals surface area contributed by atoms with Crippen molar-refractivity contribution in [2.24, 2.45) is 4.99 Å². The van der Waals surface area contributed by atoms with Crippen molar-refractivity contribution in [3.63, 3.8) is 0 Å². The van der Waals surface area contributed by atoms with Crippen LogP contribution in [0.5, 0.6) is 0 Å². The smallest absolute Gasteiger partial charge is 0.217 e. The molecule has 0 aliphatic carbocycles. The maximum atomic E-state index is 11.2. The summed E-state index contributed by atoms with van der Waals surface area (Å²) in [5, 5.41) is 2.96. The highest BCUT2D eigenvalue weighted by Crippen LogP contribution is 2.20. The van der Waals surface area contributed by atoms with Gasteiger partial charge in [-0.15, -0.1) is 0 Å². The highest BCUT2D eigenvalue weighted by Gasteiger charge is 2.35. The van der Waals surface area contributed by atoms with Gasteiger partial charge >= 0.3 is 0 Å². The molecule has 0 saturated carbocycles. The number of carbonyl (C=O) groups excluding carboxylic acids is 1. The van der Waals surface area contributed by atoms with Crippen LogP contribution in [0, 0.1) is 0 Å². The monoisotopic (exact) mass is 434 g/mol. The minimum absolute atomic E-state index is 0.0691. The molecule has 1 amide bonds. The lowest BCUT2D eigenvalue weighted by molar-refractivity contribution is -0.833. The summed E-state index contributed by atoms with van der Waals surface area (Å²) in [5.74, 6) is 1.45. The van der Waals surface area contributed by atoms with E-state index in [4.69, 9.17) is 4.99 Å². The van der Waals surface area contributed by atoms with E-state index in [1.165, 1.54) is 95.7 Å².